The van der Waals surface area contributed by atoms with Crippen LogP contribution in [0.4, 0.5) is 10.1 Å². The van der Waals surface area contributed by atoms with E-state index in [2.05, 4.69) is 4.72 Å². The first-order valence-electron chi connectivity index (χ1n) is 4.52. The van der Waals surface area contributed by atoms with Crippen LogP contribution in [0.2, 0.25) is 0 Å². The van der Waals surface area contributed by atoms with E-state index in [4.69, 9.17) is 10.5 Å². The van der Waals surface area contributed by atoms with Crippen molar-refractivity contribution in [3.05, 3.63) is 24.0 Å². The predicted octanol–water partition coefficient (Wildman–Crippen LogP) is 0.535. The standard InChI is InChI=1S/C9H13FN2O3S/c1-15-9-6-7(2-3-8(9)10)12-16(13,14)5-4-11/h2-3,6,12H,4-5,11H2,1H3. The molecule has 7 heteroatoms. The average molecular weight is 248 g/mol. The number of hydrogen-bond donors (Lipinski definition) is 2. The summed E-state index contributed by atoms with van der Waals surface area (Å²) in [5, 5.41) is 0. The molecule has 0 aromatic heterocycles. The van der Waals surface area contributed by atoms with Gasteiger partial charge in [-0.25, -0.2) is 12.8 Å². The van der Waals surface area contributed by atoms with Crippen LogP contribution in [0, 0.1) is 5.82 Å². The molecule has 0 aliphatic carbocycles. The second-order valence-corrected chi connectivity index (χ2v) is 4.90. The van der Waals surface area contributed by atoms with Gasteiger partial charge in [0.05, 0.1) is 18.6 Å². The maximum absolute atomic E-state index is 13.0. The van der Waals surface area contributed by atoms with Gasteiger partial charge in [0.2, 0.25) is 10.0 Å². The van der Waals surface area contributed by atoms with Gasteiger partial charge in [-0.05, 0) is 12.1 Å². The van der Waals surface area contributed by atoms with E-state index in [-0.39, 0.29) is 23.7 Å². The lowest BCUT2D eigenvalue weighted by Gasteiger charge is -2.08. The Hall–Kier alpha value is -1.34. The molecule has 0 saturated heterocycles. The Balaban J connectivity index is 2.90. The van der Waals surface area contributed by atoms with E-state index in [1.54, 1.807) is 0 Å². The molecule has 0 radical (unpaired) electrons. The second kappa shape index (κ2) is 5.13. The van der Waals surface area contributed by atoms with Crippen molar-refractivity contribution in [2.24, 2.45) is 5.73 Å². The summed E-state index contributed by atoms with van der Waals surface area (Å²) in [5.41, 5.74) is 5.39. The summed E-state index contributed by atoms with van der Waals surface area (Å²) in [6, 6.07) is 3.70. The topological polar surface area (TPSA) is 81.4 Å². The average Bonchev–Trinajstić information content (AvgIpc) is 2.20. The molecule has 3 N–H and O–H groups in total. The van der Waals surface area contributed by atoms with Gasteiger partial charge in [0.25, 0.3) is 0 Å². The molecule has 0 aliphatic heterocycles. The highest BCUT2D eigenvalue weighted by molar-refractivity contribution is 7.92. The molecular formula is C9H13FN2O3S. The van der Waals surface area contributed by atoms with Gasteiger partial charge in [-0.3, -0.25) is 4.72 Å². The van der Waals surface area contributed by atoms with Gasteiger partial charge in [0.1, 0.15) is 0 Å². The lowest BCUT2D eigenvalue weighted by atomic mass is 10.3. The maximum atomic E-state index is 13.0. The van der Waals surface area contributed by atoms with Gasteiger partial charge >= 0.3 is 0 Å². The van der Waals surface area contributed by atoms with E-state index in [1.165, 1.54) is 19.2 Å². The Bertz CT molecular complexity index is 462. The third-order valence-electron chi connectivity index (χ3n) is 1.81. The van der Waals surface area contributed by atoms with E-state index >= 15 is 0 Å². The van der Waals surface area contributed by atoms with Crippen molar-refractivity contribution in [3.63, 3.8) is 0 Å². The Labute approximate surface area is 93.5 Å². The minimum atomic E-state index is -3.48. The predicted molar refractivity (Wildman–Crippen MR) is 59.4 cm³/mol. The number of ether oxygens (including phenoxy) is 1. The summed E-state index contributed by atoms with van der Waals surface area (Å²) in [6.45, 7) is 0.0215. The van der Waals surface area contributed by atoms with E-state index in [0.717, 1.165) is 6.07 Å². The number of nitrogens with two attached hydrogens (primary N) is 1. The molecule has 0 unspecified atom stereocenters. The molecule has 1 aromatic carbocycles. The highest BCUT2D eigenvalue weighted by Gasteiger charge is 2.10. The molecule has 0 atom stereocenters. The van der Waals surface area contributed by atoms with E-state index in [9.17, 15) is 12.8 Å². The van der Waals surface area contributed by atoms with E-state index in [0.29, 0.717) is 0 Å². The van der Waals surface area contributed by atoms with E-state index in [1.807, 2.05) is 0 Å². The summed E-state index contributed by atoms with van der Waals surface area (Å²) < 4.78 is 42.7. The molecule has 0 spiro atoms. The van der Waals surface area contributed by atoms with Crippen LogP contribution < -0.4 is 15.2 Å². The van der Waals surface area contributed by atoms with Crippen LogP contribution in [-0.2, 0) is 10.0 Å². The van der Waals surface area contributed by atoms with Crippen molar-refractivity contribution < 1.29 is 17.5 Å². The molecular weight excluding hydrogens is 235 g/mol. The van der Waals surface area contributed by atoms with Gasteiger partial charge in [0, 0.05) is 12.6 Å². The number of halogens is 1. The van der Waals surface area contributed by atoms with Crippen LogP contribution in [0.25, 0.3) is 0 Å². The highest BCUT2D eigenvalue weighted by Crippen LogP contribution is 2.22. The third kappa shape index (κ3) is 3.35. The van der Waals surface area contributed by atoms with Crippen LogP contribution >= 0.6 is 0 Å². The van der Waals surface area contributed by atoms with E-state index < -0.39 is 15.8 Å². The largest absolute Gasteiger partial charge is 0.494 e. The first-order valence-corrected chi connectivity index (χ1v) is 6.18. The molecule has 16 heavy (non-hydrogen) atoms. The van der Waals surface area contributed by atoms with Gasteiger partial charge in [-0.2, -0.15) is 0 Å². The van der Waals surface area contributed by atoms with Crippen LogP contribution in [-0.4, -0.2) is 27.8 Å². The fourth-order valence-electron chi connectivity index (χ4n) is 1.11. The second-order valence-electron chi connectivity index (χ2n) is 3.06. The molecule has 0 heterocycles. The minimum absolute atomic E-state index is 0.0204. The number of nitrogens with one attached hydrogen (secondary N) is 1. The first-order chi connectivity index (χ1) is 7.48. The highest BCUT2D eigenvalue weighted by atomic mass is 32.2. The fourth-order valence-corrected chi connectivity index (χ4v) is 2.01. The Morgan fingerprint density at radius 2 is 2.19 bits per heavy atom. The summed E-state index contributed by atoms with van der Waals surface area (Å²) >= 11 is 0. The zero-order valence-corrected chi connectivity index (χ0v) is 9.55. The Kier molecular flexibility index (Phi) is 4.08. The molecule has 0 aliphatic rings. The first kappa shape index (κ1) is 12.7. The van der Waals surface area contributed by atoms with Crippen molar-refractivity contribution in [3.8, 4) is 5.75 Å². The fraction of sp³-hybridized carbons (Fsp3) is 0.333. The Morgan fingerprint density at radius 3 is 2.75 bits per heavy atom. The smallest absolute Gasteiger partial charge is 0.233 e. The van der Waals surface area contributed by atoms with Crippen LogP contribution in [0.15, 0.2) is 18.2 Å². The van der Waals surface area contributed by atoms with Crippen molar-refractivity contribution in [2.45, 2.75) is 0 Å². The maximum Gasteiger partial charge on any atom is 0.233 e. The molecule has 0 saturated carbocycles. The molecule has 0 bridgehead atoms. The van der Waals surface area contributed by atoms with Gasteiger partial charge in [-0.15, -0.1) is 0 Å². The van der Waals surface area contributed by atoms with Crippen LogP contribution in [0.1, 0.15) is 0 Å². The molecule has 5 nitrogen and oxygen atoms in total. The zero-order chi connectivity index (χ0) is 12.2. The van der Waals surface area contributed by atoms with Gasteiger partial charge in [0.15, 0.2) is 11.6 Å². The SMILES string of the molecule is COc1cc(NS(=O)(=O)CCN)ccc1F. The molecule has 0 fully saturated rings. The normalized spacial score (nSPS) is 11.2. The summed E-state index contributed by atoms with van der Waals surface area (Å²) in [4.78, 5) is 0. The van der Waals surface area contributed by atoms with Crippen molar-refractivity contribution >= 4 is 15.7 Å². The van der Waals surface area contributed by atoms with Gasteiger partial charge in [-0.1, -0.05) is 0 Å². The number of rotatable bonds is 5. The zero-order valence-electron chi connectivity index (χ0n) is 8.73. The number of benzene rings is 1. The quantitative estimate of drug-likeness (QED) is 0.796. The van der Waals surface area contributed by atoms with Crippen molar-refractivity contribution in [1.82, 2.24) is 0 Å². The minimum Gasteiger partial charge on any atom is -0.494 e. The number of hydrogen-bond acceptors (Lipinski definition) is 4. The number of sulfonamides is 1. The monoisotopic (exact) mass is 248 g/mol. The van der Waals surface area contributed by atoms with Crippen molar-refractivity contribution in [2.75, 3.05) is 24.1 Å². The Morgan fingerprint density at radius 1 is 1.50 bits per heavy atom. The lowest BCUT2D eigenvalue weighted by Crippen LogP contribution is -2.22. The van der Waals surface area contributed by atoms with Crippen LogP contribution in [0.3, 0.4) is 0 Å². The van der Waals surface area contributed by atoms with Gasteiger partial charge < -0.3 is 10.5 Å². The van der Waals surface area contributed by atoms with Crippen LogP contribution in [0.5, 0.6) is 5.75 Å². The molecule has 1 aromatic rings. The third-order valence-corrected chi connectivity index (χ3v) is 3.13. The molecule has 90 valence electrons. The number of methoxy groups -OCH3 is 1. The molecule has 0 amide bonds. The summed E-state index contributed by atoms with van der Waals surface area (Å²) in [6.07, 6.45) is 0. The van der Waals surface area contributed by atoms with Crippen molar-refractivity contribution in [1.29, 1.82) is 0 Å². The molecule has 1 rings (SSSR count). The number of anilines is 1. The summed E-state index contributed by atoms with van der Waals surface area (Å²) in [5.74, 6) is -0.760. The lowest BCUT2D eigenvalue weighted by molar-refractivity contribution is 0.387. The summed E-state index contributed by atoms with van der Waals surface area (Å²) in [7, 11) is -2.17.